The normalized spacial score (nSPS) is 12.6. The van der Waals surface area contributed by atoms with Crippen molar-refractivity contribution in [3.63, 3.8) is 0 Å². The summed E-state index contributed by atoms with van der Waals surface area (Å²) in [5.41, 5.74) is 4.90. The van der Waals surface area contributed by atoms with Crippen molar-refractivity contribution in [3.05, 3.63) is 51.8 Å². The van der Waals surface area contributed by atoms with Crippen LogP contribution in [-0.4, -0.2) is 22.9 Å². The van der Waals surface area contributed by atoms with Gasteiger partial charge in [-0.15, -0.1) is 0 Å². The van der Waals surface area contributed by atoms with E-state index in [4.69, 9.17) is 11.6 Å². The maximum Gasteiger partial charge on any atom is 0.130 e. The molecule has 0 saturated carbocycles. The standard InChI is InChI=1S/C17H24ClN3/c1-5-19-11-14(15-9-7-6-8-12(15)2)10-16-13(3)20-21(4)17(16)18/h6-9,14,19H,5,10-11H2,1-4H3. The molecule has 3 nitrogen and oxygen atoms in total. The molecule has 2 aromatic rings. The van der Waals surface area contributed by atoms with Gasteiger partial charge in [-0.2, -0.15) is 5.10 Å². The minimum absolute atomic E-state index is 0.409. The molecule has 1 aromatic carbocycles. The van der Waals surface area contributed by atoms with Gasteiger partial charge in [-0.05, 0) is 37.9 Å². The third-order valence-electron chi connectivity index (χ3n) is 3.99. The van der Waals surface area contributed by atoms with Crippen LogP contribution in [0.1, 0.15) is 35.2 Å². The molecule has 0 radical (unpaired) electrons. The molecule has 2 rings (SSSR count). The van der Waals surface area contributed by atoms with E-state index in [1.165, 1.54) is 11.1 Å². The average Bonchev–Trinajstić information content (AvgIpc) is 2.70. The molecule has 1 atom stereocenters. The first-order valence-electron chi connectivity index (χ1n) is 7.48. The van der Waals surface area contributed by atoms with Crippen LogP contribution >= 0.6 is 11.6 Å². The predicted molar refractivity (Wildman–Crippen MR) is 89.1 cm³/mol. The highest BCUT2D eigenvalue weighted by molar-refractivity contribution is 6.30. The van der Waals surface area contributed by atoms with E-state index < -0.39 is 0 Å². The van der Waals surface area contributed by atoms with Crippen LogP contribution in [0.25, 0.3) is 0 Å². The third kappa shape index (κ3) is 3.66. The van der Waals surface area contributed by atoms with E-state index in [9.17, 15) is 0 Å². The van der Waals surface area contributed by atoms with Crippen LogP contribution in [0.5, 0.6) is 0 Å². The molecule has 114 valence electrons. The number of halogens is 1. The smallest absolute Gasteiger partial charge is 0.130 e. The Kier molecular flexibility index (Phi) is 5.43. The largest absolute Gasteiger partial charge is 0.316 e. The van der Waals surface area contributed by atoms with Crippen LogP contribution in [0, 0.1) is 13.8 Å². The van der Waals surface area contributed by atoms with E-state index in [0.29, 0.717) is 5.92 Å². The molecule has 1 unspecified atom stereocenters. The lowest BCUT2D eigenvalue weighted by Crippen LogP contribution is -2.23. The first-order chi connectivity index (χ1) is 10.0. The fourth-order valence-electron chi connectivity index (χ4n) is 2.81. The molecule has 0 spiro atoms. The molecule has 0 aliphatic carbocycles. The monoisotopic (exact) mass is 305 g/mol. The Balaban J connectivity index is 2.31. The Hall–Kier alpha value is -1.32. The van der Waals surface area contributed by atoms with E-state index in [-0.39, 0.29) is 0 Å². The molecule has 4 heteroatoms. The molecule has 0 fully saturated rings. The first kappa shape index (κ1) is 16.1. The van der Waals surface area contributed by atoms with Gasteiger partial charge < -0.3 is 5.32 Å². The van der Waals surface area contributed by atoms with Crippen molar-refractivity contribution in [2.75, 3.05) is 13.1 Å². The number of hydrogen-bond donors (Lipinski definition) is 1. The van der Waals surface area contributed by atoms with Crippen molar-refractivity contribution >= 4 is 11.6 Å². The summed E-state index contributed by atoms with van der Waals surface area (Å²) in [6.07, 6.45) is 0.913. The van der Waals surface area contributed by atoms with Crippen LogP contribution in [0.3, 0.4) is 0 Å². The van der Waals surface area contributed by atoms with Gasteiger partial charge in [-0.1, -0.05) is 42.8 Å². The van der Waals surface area contributed by atoms with Crippen molar-refractivity contribution in [1.82, 2.24) is 15.1 Å². The van der Waals surface area contributed by atoms with Gasteiger partial charge in [-0.3, -0.25) is 4.68 Å². The van der Waals surface area contributed by atoms with Crippen LogP contribution in [0.4, 0.5) is 0 Å². The summed E-state index contributed by atoms with van der Waals surface area (Å²) < 4.78 is 1.76. The molecule has 0 saturated heterocycles. The van der Waals surface area contributed by atoms with Crippen molar-refractivity contribution in [2.45, 2.75) is 33.1 Å². The van der Waals surface area contributed by atoms with Gasteiger partial charge in [-0.25, -0.2) is 0 Å². The molecular formula is C17H24ClN3. The van der Waals surface area contributed by atoms with Gasteiger partial charge in [0.1, 0.15) is 5.15 Å². The maximum atomic E-state index is 6.40. The van der Waals surface area contributed by atoms with Crippen LogP contribution in [0.15, 0.2) is 24.3 Å². The van der Waals surface area contributed by atoms with E-state index in [2.05, 4.69) is 48.5 Å². The van der Waals surface area contributed by atoms with E-state index in [1.807, 2.05) is 14.0 Å². The zero-order valence-corrected chi connectivity index (χ0v) is 14.0. The average molecular weight is 306 g/mol. The quantitative estimate of drug-likeness (QED) is 0.883. The molecular weight excluding hydrogens is 282 g/mol. The van der Waals surface area contributed by atoms with Gasteiger partial charge >= 0.3 is 0 Å². The third-order valence-corrected chi connectivity index (χ3v) is 4.46. The van der Waals surface area contributed by atoms with Crippen molar-refractivity contribution in [2.24, 2.45) is 7.05 Å². The lowest BCUT2D eigenvalue weighted by Gasteiger charge is -2.20. The highest BCUT2D eigenvalue weighted by Crippen LogP contribution is 2.28. The minimum Gasteiger partial charge on any atom is -0.316 e. The predicted octanol–water partition coefficient (Wildman–Crippen LogP) is 3.63. The summed E-state index contributed by atoms with van der Waals surface area (Å²) in [6, 6.07) is 8.59. The number of aryl methyl sites for hydroxylation is 3. The lowest BCUT2D eigenvalue weighted by atomic mass is 9.89. The van der Waals surface area contributed by atoms with Gasteiger partial charge in [0.2, 0.25) is 0 Å². The fourth-order valence-corrected chi connectivity index (χ4v) is 3.06. The Bertz CT molecular complexity index is 604. The Morgan fingerprint density at radius 1 is 1.29 bits per heavy atom. The van der Waals surface area contributed by atoms with E-state index >= 15 is 0 Å². The van der Waals surface area contributed by atoms with Crippen molar-refractivity contribution in [3.8, 4) is 0 Å². The molecule has 0 bridgehead atoms. The van der Waals surface area contributed by atoms with E-state index in [1.54, 1.807) is 4.68 Å². The summed E-state index contributed by atoms with van der Waals surface area (Å²) in [5.74, 6) is 0.409. The Morgan fingerprint density at radius 3 is 2.57 bits per heavy atom. The van der Waals surface area contributed by atoms with Crippen molar-refractivity contribution in [1.29, 1.82) is 0 Å². The number of aromatic nitrogens is 2. The molecule has 0 aliphatic heterocycles. The molecule has 1 N–H and O–H groups in total. The summed E-state index contributed by atoms with van der Waals surface area (Å²) in [7, 11) is 1.89. The number of rotatable bonds is 6. The summed E-state index contributed by atoms with van der Waals surface area (Å²) in [4.78, 5) is 0. The summed E-state index contributed by atoms with van der Waals surface area (Å²) >= 11 is 6.40. The summed E-state index contributed by atoms with van der Waals surface area (Å²) in [6.45, 7) is 8.26. The Labute approximate surface area is 132 Å². The minimum atomic E-state index is 0.409. The molecule has 1 heterocycles. The van der Waals surface area contributed by atoms with Crippen LogP contribution in [0.2, 0.25) is 5.15 Å². The van der Waals surface area contributed by atoms with Crippen molar-refractivity contribution < 1.29 is 0 Å². The lowest BCUT2D eigenvalue weighted by molar-refractivity contribution is 0.591. The van der Waals surface area contributed by atoms with Gasteiger partial charge in [0.15, 0.2) is 0 Å². The second kappa shape index (κ2) is 7.10. The second-order valence-corrected chi connectivity index (χ2v) is 5.90. The van der Waals surface area contributed by atoms with Gasteiger partial charge in [0.05, 0.1) is 5.69 Å². The highest BCUT2D eigenvalue weighted by Gasteiger charge is 2.19. The van der Waals surface area contributed by atoms with E-state index in [0.717, 1.165) is 35.9 Å². The zero-order chi connectivity index (χ0) is 15.4. The topological polar surface area (TPSA) is 29.9 Å². The maximum absolute atomic E-state index is 6.40. The number of nitrogens with one attached hydrogen (secondary N) is 1. The second-order valence-electron chi connectivity index (χ2n) is 5.54. The van der Waals surface area contributed by atoms with Gasteiger partial charge in [0.25, 0.3) is 0 Å². The number of benzene rings is 1. The summed E-state index contributed by atoms with van der Waals surface area (Å²) in [5, 5.41) is 8.65. The molecule has 1 aromatic heterocycles. The number of likely N-dealkylation sites (N-methyl/N-ethyl adjacent to an activating group) is 1. The SMILES string of the molecule is CCNCC(Cc1c(C)nn(C)c1Cl)c1ccccc1C. The highest BCUT2D eigenvalue weighted by atomic mass is 35.5. The van der Waals surface area contributed by atoms with Crippen LogP contribution in [-0.2, 0) is 13.5 Å². The molecule has 0 aliphatic rings. The fraction of sp³-hybridized carbons (Fsp3) is 0.471. The molecule has 21 heavy (non-hydrogen) atoms. The first-order valence-corrected chi connectivity index (χ1v) is 7.86. The molecule has 0 amide bonds. The number of nitrogens with zero attached hydrogens (tertiary/aromatic N) is 2. The zero-order valence-electron chi connectivity index (χ0n) is 13.3. The van der Waals surface area contributed by atoms with Gasteiger partial charge in [0, 0.05) is 25.1 Å². The number of hydrogen-bond acceptors (Lipinski definition) is 2. The Morgan fingerprint density at radius 2 is 2.00 bits per heavy atom. The van der Waals surface area contributed by atoms with Crippen LogP contribution < -0.4 is 5.32 Å².